The summed E-state index contributed by atoms with van der Waals surface area (Å²) in [4.78, 5) is 21.2. The highest BCUT2D eigenvalue weighted by Gasteiger charge is 2.27. The predicted molar refractivity (Wildman–Crippen MR) is 86.8 cm³/mol. The van der Waals surface area contributed by atoms with Crippen LogP contribution in [0.4, 0.5) is 0 Å². The van der Waals surface area contributed by atoms with E-state index in [0.29, 0.717) is 6.54 Å². The molecule has 23 heavy (non-hydrogen) atoms. The van der Waals surface area contributed by atoms with Crippen LogP contribution in [0.25, 0.3) is 5.65 Å². The molecule has 0 saturated heterocycles. The van der Waals surface area contributed by atoms with Crippen LogP contribution in [0.1, 0.15) is 23.4 Å². The fraction of sp³-hybridized carbons (Fsp3) is 0.278. The van der Waals surface area contributed by atoms with E-state index in [2.05, 4.69) is 19.7 Å². The molecule has 116 valence electrons. The van der Waals surface area contributed by atoms with Gasteiger partial charge >= 0.3 is 0 Å². The molecule has 3 aromatic rings. The number of aryl methyl sites for hydroxylation is 1. The normalized spacial score (nSPS) is 17.0. The van der Waals surface area contributed by atoms with Crippen LogP contribution in [-0.2, 0) is 24.2 Å². The molecule has 3 aromatic heterocycles. The summed E-state index contributed by atoms with van der Waals surface area (Å²) in [5.41, 5.74) is 4.29. The van der Waals surface area contributed by atoms with Crippen LogP contribution < -0.4 is 5.32 Å². The Morgan fingerprint density at radius 2 is 2.26 bits per heavy atom. The zero-order valence-electron chi connectivity index (χ0n) is 12.8. The Bertz CT molecular complexity index is 841. The Labute approximate surface area is 134 Å². The van der Waals surface area contributed by atoms with Crippen molar-refractivity contribution in [3.05, 3.63) is 65.9 Å². The van der Waals surface area contributed by atoms with Gasteiger partial charge in [0, 0.05) is 43.2 Å². The van der Waals surface area contributed by atoms with Crippen molar-refractivity contribution in [1.82, 2.24) is 19.7 Å². The lowest BCUT2D eigenvalue weighted by atomic mass is 9.89. The Morgan fingerprint density at radius 1 is 1.30 bits per heavy atom. The number of carbonyl (C=O) groups excluding carboxylic acids is 1. The van der Waals surface area contributed by atoms with Gasteiger partial charge in [-0.2, -0.15) is 0 Å². The van der Waals surface area contributed by atoms with Crippen LogP contribution in [0.15, 0.2) is 48.9 Å². The second kappa shape index (κ2) is 5.83. The van der Waals surface area contributed by atoms with E-state index < -0.39 is 0 Å². The number of aromatic nitrogens is 3. The zero-order valence-corrected chi connectivity index (χ0v) is 12.8. The summed E-state index contributed by atoms with van der Waals surface area (Å²) in [6, 6.07) is 9.85. The number of carbonyl (C=O) groups is 1. The van der Waals surface area contributed by atoms with Crippen LogP contribution >= 0.6 is 0 Å². The Kier molecular flexibility index (Phi) is 3.54. The lowest BCUT2D eigenvalue weighted by Gasteiger charge is -2.21. The quantitative estimate of drug-likeness (QED) is 0.806. The molecule has 1 atom stereocenters. The molecule has 0 aromatic carbocycles. The van der Waals surface area contributed by atoms with Crippen LogP contribution in [0, 0.1) is 5.92 Å². The largest absolute Gasteiger partial charge is 0.352 e. The zero-order chi connectivity index (χ0) is 15.6. The van der Waals surface area contributed by atoms with E-state index in [0.717, 1.165) is 36.2 Å². The van der Waals surface area contributed by atoms with Crippen molar-refractivity contribution >= 4 is 11.6 Å². The third-order valence-electron chi connectivity index (χ3n) is 4.44. The molecule has 1 N–H and O–H groups in total. The van der Waals surface area contributed by atoms with Crippen molar-refractivity contribution in [3.63, 3.8) is 0 Å². The number of nitrogens with one attached hydrogen (secondary N) is 1. The predicted octanol–water partition coefficient (Wildman–Crippen LogP) is 2.15. The van der Waals surface area contributed by atoms with Gasteiger partial charge in [0.1, 0.15) is 5.65 Å². The van der Waals surface area contributed by atoms with Crippen LogP contribution in [0.3, 0.4) is 0 Å². The van der Waals surface area contributed by atoms with Gasteiger partial charge in [0.05, 0.1) is 5.69 Å². The highest BCUT2D eigenvalue weighted by molar-refractivity contribution is 5.79. The maximum absolute atomic E-state index is 12.5. The van der Waals surface area contributed by atoms with Crippen LogP contribution in [0.2, 0.25) is 0 Å². The molecule has 3 heterocycles. The topological polar surface area (TPSA) is 59.3 Å². The van der Waals surface area contributed by atoms with E-state index in [1.54, 1.807) is 12.4 Å². The summed E-state index contributed by atoms with van der Waals surface area (Å²) in [7, 11) is 0. The number of hydrogen-bond donors (Lipinski definition) is 1. The number of fused-ring (bicyclic) bond motifs is 3. The Hall–Kier alpha value is -2.69. The van der Waals surface area contributed by atoms with Crippen molar-refractivity contribution in [2.45, 2.75) is 25.8 Å². The molecule has 1 aliphatic rings. The summed E-state index contributed by atoms with van der Waals surface area (Å²) >= 11 is 0. The van der Waals surface area contributed by atoms with Gasteiger partial charge in [-0.25, -0.2) is 4.98 Å². The molecule has 0 saturated carbocycles. The summed E-state index contributed by atoms with van der Waals surface area (Å²) < 4.78 is 2.11. The molecule has 0 spiro atoms. The maximum atomic E-state index is 12.5. The monoisotopic (exact) mass is 306 g/mol. The lowest BCUT2D eigenvalue weighted by molar-refractivity contribution is -0.125. The molecule has 0 radical (unpaired) electrons. The van der Waals surface area contributed by atoms with Crippen molar-refractivity contribution in [1.29, 1.82) is 0 Å². The standard InChI is InChI=1S/C18H18N4O/c23-18(20-12-13-4-3-8-19-11-13)14-6-7-15-16(10-14)22-9-2-1-5-17(22)21-15/h1-5,8-9,11,14H,6-7,10,12H2,(H,20,23). The minimum Gasteiger partial charge on any atom is -0.352 e. The first-order valence-corrected chi connectivity index (χ1v) is 7.93. The molecule has 1 amide bonds. The molecular weight excluding hydrogens is 288 g/mol. The van der Waals surface area contributed by atoms with E-state index in [1.807, 2.05) is 36.5 Å². The van der Waals surface area contributed by atoms with Gasteiger partial charge in [-0.15, -0.1) is 0 Å². The summed E-state index contributed by atoms with van der Waals surface area (Å²) in [6.45, 7) is 0.531. The van der Waals surface area contributed by atoms with Gasteiger partial charge in [-0.05, 0) is 36.6 Å². The van der Waals surface area contributed by atoms with Gasteiger partial charge < -0.3 is 9.72 Å². The van der Waals surface area contributed by atoms with Crippen LogP contribution in [0.5, 0.6) is 0 Å². The van der Waals surface area contributed by atoms with Crippen LogP contribution in [-0.4, -0.2) is 20.3 Å². The number of imidazole rings is 1. The number of hydrogen-bond acceptors (Lipinski definition) is 3. The number of amides is 1. The fourth-order valence-corrected chi connectivity index (χ4v) is 3.22. The average Bonchev–Trinajstić information content (AvgIpc) is 2.98. The fourth-order valence-electron chi connectivity index (χ4n) is 3.22. The highest BCUT2D eigenvalue weighted by atomic mass is 16.1. The minimum atomic E-state index is 0.0132. The van der Waals surface area contributed by atoms with E-state index in [4.69, 9.17) is 0 Å². The van der Waals surface area contributed by atoms with Gasteiger partial charge in [-0.1, -0.05) is 12.1 Å². The van der Waals surface area contributed by atoms with Gasteiger partial charge in [0.2, 0.25) is 5.91 Å². The summed E-state index contributed by atoms with van der Waals surface area (Å²) in [6.07, 6.45) is 8.01. The van der Waals surface area contributed by atoms with E-state index in [-0.39, 0.29) is 11.8 Å². The molecule has 1 aliphatic carbocycles. The van der Waals surface area contributed by atoms with E-state index in [1.165, 1.54) is 5.69 Å². The molecule has 0 fully saturated rings. The average molecular weight is 306 g/mol. The maximum Gasteiger partial charge on any atom is 0.223 e. The first kappa shape index (κ1) is 13.9. The van der Waals surface area contributed by atoms with Gasteiger partial charge in [-0.3, -0.25) is 9.78 Å². The molecule has 5 nitrogen and oxygen atoms in total. The molecule has 5 heteroatoms. The molecular formula is C18H18N4O. The minimum absolute atomic E-state index is 0.0132. The van der Waals surface area contributed by atoms with E-state index in [9.17, 15) is 4.79 Å². The van der Waals surface area contributed by atoms with E-state index >= 15 is 0 Å². The van der Waals surface area contributed by atoms with Gasteiger partial charge in [0.15, 0.2) is 0 Å². The SMILES string of the molecule is O=C(NCc1cccnc1)C1CCc2nc3ccccn3c2C1. The second-order valence-corrected chi connectivity index (χ2v) is 5.95. The first-order chi connectivity index (χ1) is 11.3. The third-order valence-corrected chi connectivity index (χ3v) is 4.44. The number of rotatable bonds is 3. The molecule has 4 rings (SSSR count). The number of pyridine rings is 2. The molecule has 1 unspecified atom stereocenters. The molecule has 0 aliphatic heterocycles. The van der Waals surface area contributed by atoms with Gasteiger partial charge in [0.25, 0.3) is 0 Å². The third kappa shape index (κ3) is 2.70. The van der Waals surface area contributed by atoms with Crippen molar-refractivity contribution in [3.8, 4) is 0 Å². The lowest BCUT2D eigenvalue weighted by Crippen LogP contribution is -2.34. The van der Waals surface area contributed by atoms with Crippen molar-refractivity contribution < 1.29 is 4.79 Å². The first-order valence-electron chi connectivity index (χ1n) is 7.93. The van der Waals surface area contributed by atoms with Crippen molar-refractivity contribution in [2.24, 2.45) is 5.92 Å². The Morgan fingerprint density at radius 3 is 3.13 bits per heavy atom. The summed E-state index contributed by atoms with van der Waals surface area (Å²) in [5, 5.41) is 3.03. The highest BCUT2D eigenvalue weighted by Crippen LogP contribution is 2.26. The Balaban J connectivity index is 1.48. The summed E-state index contributed by atoms with van der Waals surface area (Å²) in [5.74, 6) is 0.129. The number of nitrogens with zero attached hydrogens (tertiary/aromatic N) is 3. The molecule has 0 bridgehead atoms. The van der Waals surface area contributed by atoms with Crippen molar-refractivity contribution in [2.75, 3.05) is 0 Å². The smallest absolute Gasteiger partial charge is 0.223 e. The second-order valence-electron chi connectivity index (χ2n) is 5.95.